The van der Waals surface area contributed by atoms with E-state index in [2.05, 4.69) is 64.1 Å². The number of ketones is 1. The summed E-state index contributed by atoms with van der Waals surface area (Å²) >= 11 is 0. The van der Waals surface area contributed by atoms with E-state index in [0.29, 0.717) is 36.9 Å². The lowest BCUT2D eigenvalue weighted by Crippen LogP contribution is -2.48. The van der Waals surface area contributed by atoms with Crippen LogP contribution in [0.4, 0.5) is 4.79 Å². The molecule has 6 heteroatoms. The number of allylic oxidation sites excluding steroid dienone is 3. The number of rotatable bonds is 10. The van der Waals surface area contributed by atoms with Crippen molar-refractivity contribution < 1.29 is 20.5 Å². The topological polar surface area (TPSA) is 79.6 Å². The standard InChI is InChI=1S/C38H48N2O4.H2/c1-26(8-7-9-28(3)38(44-6)18-20-40(21-19-38)37(42)43-5)29(4)35-24-34(14-10-27(35)2)36(41)23-31-13-17-33(22-31)32-15-11-30(25-39)12-16-32;/h9-12,14-16,24,31,33H,7-8,13,17-23H2,1-6H3;1H/b28-9-,29-26+;. The van der Waals surface area contributed by atoms with E-state index >= 15 is 0 Å². The zero-order valence-electron chi connectivity index (χ0n) is 27.4. The molecule has 1 heterocycles. The number of ether oxygens (including phenoxy) is 2. The van der Waals surface area contributed by atoms with Crippen LogP contribution in [0.25, 0.3) is 5.57 Å². The molecule has 4 rings (SSSR count). The molecule has 0 N–H and O–H groups in total. The largest absolute Gasteiger partial charge is 0.453 e. The molecular weight excluding hydrogens is 548 g/mol. The molecule has 1 saturated heterocycles. The maximum absolute atomic E-state index is 13.4. The third-order valence-electron chi connectivity index (χ3n) is 10.2. The fourth-order valence-corrected chi connectivity index (χ4v) is 7.02. The molecular formula is C38H50N2O4. The van der Waals surface area contributed by atoms with Crippen LogP contribution in [-0.2, 0) is 9.47 Å². The van der Waals surface area contributed by atoms with Gasteiger partial charge in [-0.15, -0.1) is 0 Å². The molecule has 2 fully saturated rings. The smallest absolute Gasteiger partial charge is 0.409 e. The summed E-state index contributed by atoms with van der Waals surface area (Å²) in [4.78, 5) is 27.1. The molecule has 1 aliphatic heterocycles. The second-order valence-electron chi connectivity index (χ2n) is 12.8. The van der Waals surface area contributed by atoms with Crippen LogP contribution < -0.4 is 0 Å². The summed E-state index contributed by atoms with van der Waals surface area (Å²) in [6.45, 7) is 9.86. The lowest BCUT2D eigenvalue weighted by Gasteiger charge is -2.41. The van der Waals surface area contributed by atoms with Gasteiger partial charge in [-0.1, -0.05) is 35.9 Å². The Morgan fingerprint density at radius 2 is 1.77 bits per heavy atom. The average Bonchev–Trinajstić information content (AvgIpc) is 3.52. The Labute approximate surface area is 265 Å². The molecule has 2 aromatic carbocycles. The predicted octanol–water partition coefficient (Wildman–Crippen LogP) is 9.04. The summed E-state index contributed by atoms with van der Waals surface area (Å²) in [6.07, 6.45) is 9.11. The second kappa shape index (κ2) is 14.9. The van der Waals surface area contributed by atoms with Gasteiger partial charge in [0, 0.05) is 33.6 Å². The first-order valence-corrected chi connectivity index (χ1v) is 16.0. The summed E-state index contributed by atoms with van der Waals surface area (Å²) in [5.74, 6) is 1.08. The van der Waals surface area contributed by atoms with Gasteiger partial charge in [-0.2, -0.15) is 5.26 Å². The number of piperidine rings is 1. The first-order chi connectivity index (χ1) is 21.1. The molecule has 0 radical (unpaired) electrons. The SMILES string of the molecule is COC(=O)N1CCC(OC)(/C(C)=C\CC/C(C)=C(\C)c2cc(C(=O)CC3CCC(c4ccc(C#N)cc4)C3)ccc2C)CC1.[HH]. The Bertz CT molecular complexity index is 1450. The Hall–Kier alpha value is -3.69. The van der Waals surface area contributed by atoms with Gasteiger partial charge in [0.15, 0.2) is 5.78 Å². The van der Waals surface area contributed by atoms with Gasteiger partial charge >= 0.3 is 6.09 Å². The molecule has 236 valence electrons. The fraction of sp³-hybridized carbons (Fsp3) is 0.500. The number of aryl methyl sites for hydroxylation is 1. The van der Waals surface area contributed by atoms with Crippen molar-refractivity contribution in [3.8, 4) is 6.07 Å². The van der Waals surface area contributed by atoms with E-state index in [0.717, 1.165) is 56.1 Å². The van der Waals surface area contributed by atoms with Crippen molar-refractivity contribution in [3.05, 3.63) is 87.5 Å². The summed E-state index contributed by atoms with van der Waals surface area (Å²) in [5, 5.41) is 9.08. The molecule has 1 amide bonds. The van der Waals surface area contributed by atoms with Crippen LogP contribution in [0.5, 0.6) is 0 Å². The highest BCUT2D eigenvalue weighted by molar-refractivity contribution is 5.97. The van der Waals surface area contributed by atoms with Crippen LogP contribution in [0, 0.1) is 24.2 Å². The van der Waals surface area contributed by atoms with Gasteiger partial charge in [0.25, 0.3) is 0 Å². The minimum Gasteiger partial charge on any atom is -0.453 e. The highest BCUT2D eigenvalue weighted by atomic mass is 16.5. The monoisotopic (exact) mass is 598 g/mol. The van der Waals surface area contributed by atoms with Crippen LogP contribution in [0.15, 0.2) is 59.7 Å². The van der Waals surface area contributed by atoms with Crippen molar-refractivity contribution in [2.24, 2.45) is 5.92 Å². The molecule has 44 heavy (non-hydrogen) atoms. The zero-order valence-corrected chi connectivity index (χ0v) is 27.4. The van der Waals surface area contributed by atoms with E-state index < -0.39 is 0 Å². The van der Waals surface area contributed by atoms with Gasteiger partial charge < -0.3 is 14.4 Å². The third-order valence-corrected chi connectivity index (χ3v) is 10.2. The molecule has 0 bridgehead atoms. The molecule has 1 saturated carbocycles. The first-order valence-electron chi connectivity index (χ1n) is 16.0. The van der Waals surface area contributed by atoms with E-state index in [4.69, 9.17) is 14.7 Å². The zero-order chi connectivity index (χ0) is 31.9. The third kappa shape index (κ3) is 7.68. The fourth-order valence-electron chi connectivity index (χ4n) is 7.02. The van der Waals surface area contributed by atoms with E-state index in [-0.39, 0.29) is 18.9 Å². The Kier molecular flexibility index (Phi) is 11.2. The lowest BCUT2D eigenvalue weighted by atomic mass is 9.83. The summed E-state index contributed by atoms with van der Waals surface area (Å²) in [5.41, 5.74) is 8.52. The van der Waals surface area contributed by atoms with Crippen LogP contribution in [0.3, 0.4) is 0 Å². The number of carbonyl (C=O) groups is 2. The number of nitrogens with zero attached hydrogens (tertiary/aromatic N) is 2. The Morgan fingerprint density at radius 3 is 2.41 bits per heavy atom. The minimum absolute atomic E-state index is 0. The van der Waals surface area contributed by atoms with Crippen molar-refractivity contribution in [2.45, 2.75) is 90.6 Å². The molecule has 0 aromatic heterocycles. The van der Waals surface area contributed by atoms with Crippen LogP contribution in [0.1, 0.15) is 112 Å². The number of likely N-dealkylation sites (tertiary alicyclic amines) is 1. The van der Waals surface area contributed by atoms with Crippen LogP contribution in [-0.4, -0.2) is 49.7 Å². The lowest BCUT2D eigenvalue weighted by molar-refractivity contribution is -0.0264. The number of amides is 1. The summed E-state index contributed by atoms with van der Waals surface area (Å²) in [6, 6.07) is 16.3. The normalized spacial score (nSPS) is 20.6. The first kappa shape index (κ1) is 33.2. The number of carbonyl (C=O) groups excluding carboxylic acids is 2. The van der Waals surface area contributed by atoms with Gasteiger partial charge in [0.05, 0.1) is 24.3 Å². The van der Waals surface area contributed by atoms with Crippen molar-refractivity contribution in [3.63, 3.8) is 0 Å². The second-order valence-corrected chi connectivity index (χ2v) is 12.8. The summed E-state index contributed by atoms with van der Waals surface area (Å²) < 4.78 is 10.9. The van der Waals surface area contributed by atoms with E-state index in [9.17, 15) is 9.59 Å². The molecule has 6 nitrogen and oxygen atoms in total. The maximum Gasteiger partial charge on any atom is 0.409 e. The van der Waals surface area contributed by atoms with E-state index in [1.165, 1.54) is 35.0 Å². The molecule has 2 aromatic rings. The number of hydrogen-bond donors (Lipinski definition) is 0. The van der Waals surface area contributed by atoms with Crippen LogP contribution in [0.2, 0.25) is 0 Å². The minimum atomic E-state index is -0.343. The van der Waals surface area contributed by atoms with E-state index in [1.54, 1.807) is 12.0 Å². The van der Waals surface area contributed by atoms with Gasteiger partial charge in [-0.3, -0.25) is 4.79 Å². The van der Waals surface area contributed by atoms with Crippen molar-refractivity contribution in [1.29, 1.82) is 5.26 Å². The van der Waals surface area contributed by atoms with Gasteiger partial charge in [-0.05, 0) is 131 Å². The number of nitriles is 1. The molecule has 2 atom stereocenters. The molecule has 1 aliphatic carbocycles. The highest BCUT2D eigenvalue weighted by Gasteiger charge is 2.37. The number of hydrogen-bond acceptors (Lipinski definition) is 5. The Balaban J connectivity index is 0.00000552. The number of benzene rings is 2. The average molecular weight is 599 g/mol. The van der Waals surface area contributed by atoms with Crippen LogP contribution >= 0.6 is 0 Å². The molecule has 2 aliphatic rings. The van der Waals surface area contributed by atoms with Crippen molar-refractivity contribution in [1.82, 2.24) is 4.90 Å². The molecule has 2 unspecified atom stereocenters. The van der Waals surface area contributed by atoms with Crippen molar-refractivity contribution in [2.75, 3.05) is 27.3 Å². The van der Waals surface area contributed by atoms with Gasteiger partial charge in [0.1, 0.15) is 0 Å². The Morgan fingerprint density at radius 1 is 1.07 bits per heavy atom. The van der Waals surface area contributed by atoms with Gasteiger partial charge in [-0.25, -0.2) is 4.79 Å². The number of Topliss-reactive ketones (excluding diaryl/α,β-unsaturated/α-hetero) is 1. The summed E-state index contributed by atoms with van der Waals surface area (Å²) in [7, 11) is 3.18. The number of methoxy groups -OCH3 is 2. The maximum atomic E-state index is 13.4. The quantitative estimate of drug-likeness (QED) is 0.201. The highest BCUT2D eigenvalue weighted by Crippen LogP contribution is 2.40. The molecule has 0 spiro atoms. The van der Waals surface area contributed by atoms with Crippen molar-refractivity contribution >= 4 is 17.4 Å². The van der Waals surface area contributed by atoms with Gasteiger partial charge in [0.2, 0.25) is 0 Å². The predicted molar refractivity (Wildman–Crippen MR) is 178 cm³/mol. The van der Waals surface area contributed by atoms with E-state index in [1.807, 2.05) is 18.2 Å².